The van der Waals surface area contributed by atoms with Gasteiger partial charge in [-0.05, 0) is 13.3 Å². The van der Waals surface area contributed by atoms with Gasteiger partial charge in [-0.25, -0.2) is 0 Å². The zero-order chi connectivity index (χ0) is 14.8. The zero-order valence-electron chi connectivity index (χ0n) is 12.0. The van der Waals surface area contributed by atoms with Crippen molar-refractivity contribution in [1.82, 2.24) is 15.4 Å². The van der Waals surface area contributed by atoms with Crippen molar-refractivity contribution in [3.63, 3.8) is 0 Å². The van der Waals surface area contributed by atoms with Crippen LogP contribution in [0.15, 0.2) is 10.6 Å². The summed E-state index contributed by atoms with van der Waals surface area (Å²) in [4.78, 5) is 14.4. The van der Waals surface area contributed by atoms with Crippen molar-refractivity contribution < 1.29 is 14.1 Å². The number of amides is 1. The summed E-state index contributed by atoms with van der Waals surface area (Å²) in [6, 6.07) is 2.30. The maximum Gasteiger partial charge on any atom is 0.220 e. The maximum absolute atomic E-state index is 12.0. The van der Waals surface area contributed by atoms with E-state index in [9.17, 15) is 4.79 Å². The van der Waals surface area contributed by atoms with Gasteiger partial charge in [0, 0.05) is 44.1 Å². The number of morpholine rings is 1. The first-order valence-corrected chi connectivity index (χ1v) is 7.74. The van der Waals surface area contributed by atoms with Gasteiger partial charge in [0.2, 0.25) is 5.91 Å². The quantitative estimate of drug-likeness (QED) is 0.906. The van der Waals surface area contributed by atoms with Gasteiger partial charge in [0.15, 0.2) is 5.15 Å². The molecule has 0 aliphatic carbocycles. The second kappa shape index (κ2) is 6.34. The normalized spacial score (nSPS) is 29.3. The number of fused-ring (bicyclic) bond motifs is 1. The molecule has 0 saturated carbocycles. The zero-order valence-corrected chi connectivity index (χ0v) is 12.8. The fourth-order valence-corrected chi connectivity index (χ4v) is 3.24. The van der Waals surface area contributed by atoms with Gasteiger partial charge in [0.05, 0.1) is 12.7 Å². The summed E-state index contributed by atoms with van der Waals surface area (Å²) in [5.41, 5.74) is 0. The van der Waals surface area contributed by atoms with Crippen LogP contribution in [-0.4, -0.2) is 53.8 Å². The number of rotatable bonds is 4. The van der Waals surface area contributed by atoms with Crippen LogP contribution in [0, 0.1) is 0 Å². The molecule has 1 N–H and O–H groups in total. The van der Waals surface area contributed by atoms with E-state index >= 15 is 0 Å². The highest BCUT2D eigenvalue weighted by Crippen LogP contribution is 2.23. The smallest absolute Gasteiger partial charge is 0.220 e. The van der Waals surface area contributed by atoms with E-state index in [1.807, 2.05) is 0 Å². The fraction of sp³-hybridized carbons (Fsp3) is 0.714. The van der Waals surface area contributed by atoms with Gasteiger partial charge in [-0.2, -0.15) is 0 Å². The van der Waals surface area contributed by atoms with Crippen LogP contribution in [0.1, 0.15) is 25.5 Å². The van der Waals surface area contributed by atoms with E-state index in [0.717, 1.165) is 26.1 Å². The minimum Gasteiger partial charge on any atom is -0.376 e. The minimum absolute atomic E-state index is 0.0429. The second-order valence-electron chi connectivity index (χ2n) is 5.87. The molecule has 116 valence electrons. The lowest BCUT2D eigenvalue weighted by atomic mass is 10.1. The van der Waals surface area contributed by atoms with Gasteiger partial charge < -0.3 is 14.6 Å². The van der Waals surface area contributed by atoms with E-state index in [-0.39, 0.29) is 18.1 Å². The third kappa shape index (κ3) is 3.75. The molecule has 3 heterocycles. The highest BCUT2D eigenvalue weighted by atomic mass is 35.5. The predicted molar refractivity (Wildman–Crippen MR) is 77.2 cm³/mol. The largest absolute Gasteiger partial charge is 0.376 e. The van der Waals surface area contributed by atoms with Crippen LogP contribution in [0.2, 0.25) is 5.15 Å². The lowest BCUT2D eigenvalue weighted by Gasteiger charge is -2.33. The molecule has 0 spiro atoms. The van der Waals surface area contributed by atoms with Crippen LogP contribution in [0.25, 0.3) is 0 Å². The van der Waals surface area contributed by atoms with E-state index in [2.05, 4.69) is 22.3 Å². The van der Waals surface area contributed by atoms with Crippen LogP contribution in [0.5, 0.6) is 0 Å². The summed E-state index contributed by atoms with van der Waals surface area (Å²) in [6.07, 6.45) is 2.16. The van der Waals surface area contributed by atoms with E-state index < -0.39 is 0 Å². The summed E-state index contributed by atoms with van der Waals surface area (Å²) in [6.45, 7) is 4.72. The third-order valence-electron chi connectivity index (χ3n) is 4.09. The van der Waals surface area contributed by atoms with Crippen molar-refractivity contribution in [2.45, 2.75) is 44.4 Å². The molecule has 2 fully saturated rings. The van der Waals surface area contributed by atoms with E-state index in [4.69, 9.17) is 20.9 Å². The molecule has 0 unspecified atom stereocenters. The molecule has 0 radical (unpaired) electrons. The van der Waals surface area contributed by atoms with Crippen molar-refractivity contribution in [2.75, 3.05) is 19.7 Å². The minimum atomic E-state index is 0.0429. The van der Waals surface area contributed by atoms with Crippen molar-refractivity contribution in [3.8, 4) is 0 Å². The van der Waals surface area contributed by atoms with Crippen molar-refractivity contribution in [2.24, 2.45) is 0 Å². The Balaban J connectivity index is 1.43. The number of aromatic nitrogens is 1. The van der Waals surface area contributed by atoms with E-state index in [1.165, 1.54) is 0 Å². The molecule has 1 aromatic heterocycles. The number of halogens is 1. The Morgan fingerprint density at radius 3 is 3.19 bits per heavy atom. The molecule has 2 aliphatic heterocycles. The number of aryl methyl sites for hydroxylation is 1. The van der Waals surface area contributed by atoms with Gasteiger partial charge in [-0.15, -0.1) is 0 Å². The number of carbonyl (C=O) groups is 1. The molecule has 0 bridgehead atoms. The molecule has 2 saturated heterocycles. The molecule has 3 rings (SSSR count). The Bertz CT molecular complexity index is 507. The number of hydrogen-bond acceptors (Lipinski definition) is 5. The molecule has 0 aromatic carbocycles. The Morgan fingerprint density at radius 2 is 2.43 bits per heavy atom. The molecule has 1 aromatic rings. The summed E-state index contributed by atoms with van der Waals surface area (Å²) >= 11 is 5.67. The van der Waals surface area contributed by atoms with E-state index in [1.54, 1.807) is 6.07 Å². The second-order valence-corrected chi connectivity index (χ2v) is 6.26. The number of nitrogens with one attached hydrogen (secondary N) is 1. The highest BCUT2D eigenvalue weighted by Gasteiger charge is 2.36. The molecule has 21 heavy (non-hydrogen) atoms. The van der Waals surface area contributed by atoms with Gasteiger partial charge in [-0.3, -0.25) is 9.69 Å². The van der Waals surface area contributed by atoms with Gasteiger partial charge in [0.1, 0.15) is 5.76 Å². The standard InChI is InChI=1S/C14H20ClN3O3/c1-9-6-18-7-10(4-11(18)8-20-9)16-14(19)3-2-12-5-13(15)17-21-12/h5,9-11H,2-4,6-8H2,1H3,(H,16,19)/t9-,10+,11-/m0/s1. The molecule has 2 aliphatic rings. The molecule has 7 heteroatoms. The van der Waals surface area contributed by atoms with Crippen LogP contribution in [0.3, 0.4) is 0 Å². The Morgan fingerprint density at radius 1 is 1.57 bits per heavy atom. The van der Waals surface area contributed by atoms with Crippen LogP contribution >= 0.6 is 11.6 Å². The SMILES string of the molecule is C[C@H]1CN2C[C@H](NC(=O)CCc3cc(Cl)no3)C[C@H]2CO1. The van der Waals surface area contributed by atoms with Crippen LogP contribution in [-0.2, 0) is 16.0 Å². The lowest BCUT2D eigenvalue weighted by Crippen LogP contribution is -2.45. The van der Waals surface area contributed by atoms with Crippen LogP contribution in [0.4, 0.5) is 0 Å². The van der Waals surface area contributed by atoms with Crippen molar-refractivity contribution >= 4 is 17.5 Å². The number of hydrogen-bond donors (Lipinski definition) is 1. The Labute approximate surface area is 128 Å². The summed E-state index contributed by atoms with van der Waals surface area (Å²) in [5.74, 6) is 0.683. The van der Waals surface area contributed by atoms with Crippen molar-refractivity contribution in [1.29, 1.82) is 0 Å². The number of ether oxygens (including phenoxy) is 1. The molecular formula is C14H20ClN3O3. The molecule has 3 atom stereocenters. The number of carbonyl (C=O) groups excluding carboxylic acids is 1. The Kier molecular flexibility index (Phi) is 4.47. The maximum atomic E-state index is 12.0. The number of nitrogens with zero attached hydrogens (tertiary/aromatic N) is 2. The fourth-order valence-electron chi connectivity index (χ4n) is 3.09. The summed E-state index contributed by atoms with van der Waals surface area (Å²) < 4.78 is 10.7. The third-order valence-corrected chi connectivity index (χ3v) is 4.26. The first-order chi connectivity index (χ1) is 10.1. The van der Waals surface area contributed by atoms with E-state index in [0.29, 0.717) is 29.8 Å². The Hall–Kier alpha value is -1.11. The molecule has 6 nitrogen and oxygen atoms in total. The molecular weight excluding hydrogens is 294 g/mol. The highest BCUT2D eigenvalue weighted by molar-refractivity contribution is 6.29. The summed E-state index contributed by atoms with van der Waals surface area (Å²) in [7, 11) is 0. The molecule has 1 amide bonds. The van der Waals surface area contributed by atoms with Gasteiger partial charge >= 0.3 is 0 Å². The van der Waals surface area contributed by atoms with Gasteiger partial charge in [-0.1, -0.05) is 16.8 Å². The summed E-state index contributed by atoms with van der Waals surface area (Å²) in [5, 5.41) is 7.01. The first kappa shape index (κ1) is 14.8. The topological polar surface area (TPSA) is 67.6 Å². The average molecular weight is 314 g/mol. The van der Waals surface area contributed by atoms with Crippen LogP contribution < -0.4 is 5.32 Å². The lowest BCUT2D eigenvalue weighted by molar-refractivity contribution is -0.121. The monoisotopic (exact) mass is 313 g/mol. The van der Waals surface area contributed by atoms with Gasteiger partial charge in [0.25, 0.3) is 0 Å². The predicted octanol–water partition coefficient (Wildman–Crippen LogP) is 1.24. The van der Waals surface area contributed by atoms with Crippen molar-refractivity contribution in [3.05, 3.63) is 17.0 Å². The average Bonchev–Trinajstić information content (AvgIpc) is 3.01. The first-order valence-electron chi connectivity index (χ1n) is 7.36.